The van der Waals surface area contributed by atoms with Crippen molar-refractivity contribution < 1.29 is 9.13 Å². The maximum Gasteiger partial charge on any atom is 0.141 e. The smallest absolute Gasteiger partial charge is 0.141 e. The van der Waals surface area contributed by atoms with Crippen LogP contribution < -0.4 is 10.1 Å². The van der Waals surface area contributed by atoms with Crippen LogP contribution >= 0.6 is 0 Å². The highest BCUT2D eigenvalue weighted by Gasteiger charge is 2.19. The van der Waals surface area contributed by atoms with E-state index < -0.39 is 6.17 Å². The van der Waals surface area contributed by atoms with Crippen LogP contribution in [0, 0.1) is 13.8 Å². The molecule has 0 aliphatic heterocycles. The zero-order valence-electron chi connectivity index (χ0n) is 12.2. The predicted molar refractivity (Wildman–Crippen MR) is 74.1 cm³/mol. The van der Waals surface area contributed by atoms with Crippen LogP contribution in [0.5, 0.6) is 5.75 Å². The average molecular weight is 253 g/mol. The lowest BCUT2D eigenvalue weighted by molar-refractivity contribution is 0.282. The fraction of sp³-hybridized carbons (Fsp3) is 0.600. The minimum Gasteiger partial charge on any atom is -0.496 e. The van der Waals surface area contributed by atoms with E-state index in [2.05, 4.69) is 5.32 Å². The van der Waals surface area contributed by atoms with Gasteiger partial charge < -0.3 is 10.1 Å². The topological polar surface area (TPSA) is 21.3 Å². The first-order valence-electron chi connectivity index (χ1n) is 6.29. The lowest BCUT2D eigenvalue weighted by atomic mass is 10.0. The van der Waals surface area contributed by atoms with Crippen molar-refractivity contribution in [1.29, 1.82) is 0 Å². The quantitative estimate of drug-likeness (QED) is 0.883. The Kier molecular flexibility index (Phi) is 4.74. The number of hydrogen-bond donors (Lipinski definition) is 1. The molecular formula is C15H24FNO. The largest absolute Gasteiger partial charge is 0.496 e. The van der Waals surface area contributed by atoms with Gasteiger partial charge in [0.15, 0.2) is 0 Å². The molecule has 0 amide bonds. The summed E-state index contributed by atoms with van der Waals surface area (Å²) in [6, 6.07) is 3.76. The van der Waals surface area contributed by atoms with Gasteiger partial charge in [-0.05, 0) is 45.7 Å². The maximum atomic E-state index is 14.3. The minimum absolute atomic E-state index is 0.0860. The molecule has 1 N–H and O–H groups in total. The number of hydrogen-bond acceptors (Lipinski definition) is 2. The second-order valence-corrected chi connectivity index (χ2v) is 5.73. The van der Waals surface area contributed by atoms with Crippen LogP contribution in [-0.4, -0.2) is 19.2 Å². The molecule has 0 aromatic heterocycles. The number of rotatable bonds is 4. The van der Waals surface area contributed by atoms with Gasteiger partial charge in [0.1, 0.15) is 11.9 Å². The van der Waals surface area contributed by atoms with Gasteiger partial charge in [0.2, 0.25) is 0 Å². The van der Waals surface area contributed by atoms with Crippen molar-refractivity contribution in [1.82, 2.24) is 5.32 Å². The van der Waals surface area contributed by atoms with Gasteiger partial charge in [-0.3, -0.25) is 0 Å². The van der Waals surface area contributed by atoms with Crippen molar-refractivity contribution in [2.24, 2.45) is 0 Å². The van der Waals surface area contributed by atoms with Gasteiger partial charge in [0, 0.05) is 17.6 Å². The van der Waals surface area contributed by atoms with E-state index in [0.717, 1.165) is 11.1 Å². The Morgan fingerprint density at radius 3 is 2.39 bits per heavy atom. The highest BCUT2D eigenvalue weighted by molar-refractivity contribution is 5.46. The molecule has 0 aliphatic rings. The van der Waals surface area contributed by atoms with Gasteiger partial charge in [0.05, 0.1) is 7.11 Å². The molecule has 1 rings (SSSR count). The molecule has 1 atom stereocenters. The van der Waals surface area contributed by atoms with E-state index in [0.29, 0.717) is 17.9 Å². The molecule has 1 aromatic carbocycles. The zero-order valence-corrected chi connectivity index (χ0v) is 12.2. The van der Waals surface area contributed by atoms with Crippen molar-refractivity contribution in [3.63, 3.8) is 0 Å². The van der Waals surface area contributed by atoms with Crippen LogP contribution in [-0.2, 0) is 0 Å². The molecule has 2 nitrogen and oxygen atoms in total. The van der Waals surface area contributed by atoms with Gasteiger partial charge in [-0.2, -0.15) is 0 Å². The van der Waals surface area contributed by atoms with Crippen molar-refractivity contribution in [3.8, 4) is 5.75 Å². The first kappa shape index (κ1) is 15.0. The van der Waals surface area contributed by atoms with Crippen LogP contribution in [0.4, 0.5) is 4.39 Å². The number of aryl methyl sites for hydroxylation is 1. The fourth-order valence-electron chi connectivity index (χ4n) is 1.83. The van der Waals surface area contributed by atoms with Crippen LogP contribution in [0.1, 0.15) is 43.6 Å². The molecule has 0 fully saturated rings. The molecule has 1 unspecified atom stereocenters. The first-order chi connectivity index (χ1) is 8.26. The highest BCUT2D eigenvalue weighted by Crippen LogP contribution is 2.32. The predicted octanol–water partition coefficient (Wildman–Crippen LogP) is 3.71. The zero-order chi connectivity index (χ0) is 13.9. The maximum absolute atomic E-state index is 14.3. The summed E-state index contributed by atoms with van der Waals surface area (Å²) in [5, 5.41) is 3.17. The van der Waals surface area contributed by atoms with Gasteiger partial charge in [-0.15, -0.1) is 0 Å². The first-order valence-corrected chi connectivity index (χ1v) is 6.29. The summed E-state index contributed by atoms with van der Waals surface area (Å²) in [4.78, 5) is 0. The van der Waals surface area contributed by atoms with E-state index >= 15 is 0 Å². The van der Waals surface area contributed by atoms with Gasteiger partial charge in [-0.25, -0.2) is 4.39 Å². The Morgan fingerprint density at radius 1 is 1.28 bits per heavy atom. The van der Waals surface area contributed by atoms with E-state index in [1.807, 2.05) is 46.8 Å². The summed E-state index contributed by atoms with van der Waals surface area (Å²) in [5.74, 6) is 0.665. The summed E-state index contributed by atoms with van der Waals surface area (Å²) in [6.45, 7) is 10.3. The van der Waals surface area contributed by atoms with E-state index in [1.54, 1.807) is 7.11 Å². The normalized spacial score (nSPS) is 13.5. The Morgan fingerprint density at radius 2 is 1.89 bits per heavy atom. The second-order valence-electron chi connectivity index (χ2n) is 5.73. The summed E-state index contributed by atoms with van der Waals surface area (Å²) in [5.41, 5.74) is 2.66. The highest BCUT2D eigenvalue weighted by atomic mass is 19.1. The molecular weight excluding hydrogens is 229 g/mol. The number of benzene rings is 1. The summed E-state index contributed by atoms with van der Waals surface area (Å²) in [7, 11) is 1.59. The average Bonchev–Trinajstić information content (AvgIpc) is 2.28. The standard InChI is InChI=1S/C15H24FNO/c1-10-7-8-12(14(18-6)11(10)2)13(16)9-17-15(3,4)5/h7-8,13,17H,9H2,1-6H3. The monoisotopic (exact) mass is 253 g/mol. The van der Waals surface area contributed by atoms with Gasteiger partial charge >= 0.3 is 0 Å². The van der Waals surface area contributed by atoms with Crippen molar-refractivity contribution in [2.45, 2.75) is 46.3 Å². The van der Waals surface area contributed by atoms with Crippen molar-refractivity contribution >= 4 is 0 Å². The number of ether oxygens (including phenoxy) is 1. The molecule has 0 bridgehead atoms. The van der Waals surface area contributed by atoms with E-state index in [9.17, 15) is 4.39 Å². The van der Waals surface area contributed by atoms with E-state index in [1.165, 1.54) is 0 Å². The fourth-order valence-corrected chi connectivity index (χ4v) is 1.83. The second kappa shape index (κ2) is 5.70. The van der Waals surface area contributed by atoms with Crippen molar-refractivity contribution in [3.05, 3.63) is 28.8 Å². The Labute approximate surface area is 110 Å². The number of methoxy groups -OCH3 is 1. The molecule has 0 aliphatic carbocycles. The molecule has 0 saturated carbocycles. The lowest BCUT2D eigenvalue weighted by Gasteiger charge is -2.23. The van der Waals surface area contributed by atoms with Crippen LogP contribution in [0.25, 0.3) is 0 Å². The van der Waals surface area contributed by atoms with Crippen LogP contribution in [0.3, 0.4) is 0 Å². The Hall–Kier alpha value is -1.09. The van der Waals surface area contributed by atoms with Crippen LogP contribution in [0.2, 0.25) is 0 Å². The molecule has 0 saturated heterocycles. The summed E-state index contributed by atoms with van der Waals surface area (Å²) >= 11 is 0. The molecule has 18 heavy (non-hydrogen) atoms. The van der Waals surface area contributed by atoms with E-state index in [4.69, 9.17) is 4.74 Å². The third kappa shape index (κ3) is 3.70. The minimum atomic E-state index is -1.06. The van der Waals surface area contributed by atoms with Gasteiger partial charge in [0.25, 0.3) is 0 Å². The molecule has 0 spiro atoms. The molecule has 1 aromatic rings. The number of halogens is 1. The third-order valence-electron chi connectivity index (χ3n) is 3.06. The molecule has 3 heteroatoms. The summed E-state index contributed by atoms with van der Waals surface area (Å²) in [6.07, 6.45) is -1.06. The van der Waals surface area contributed by atoms with Gasteiger partial charge in [-0.1, -0.05) is 12.1 Å². The van der Waals surface area contributed by atoms with E-state index in [-0.39, 0.29) is 5.54 Å². The number of alkyl halides is 1. The Bertz CT molecular complexity index is 410. The Balaban J connectivity index is 2.92. The SMILES string of the molecule is COc1c(C(F)CNC(C)(C)C)ccc(C)c1C. The molecule has 0 heterocycles. The number of nitrogens with one attached hydrogen (secondary N) is 1. The summed E-state index contributed by atoms with van der Waals surface area (Å²) < 4.78 is 19.6. The molecule has 0 radical (unpaired) electrons. The van der Waals surface area contributed by atoms with Crippen LogP contribution in [0.15, 0.2) is 12.1 Å². The third-order valence-corrected chi connectivity index (χ3v) is 3.06. The molecule has 102 valence electrons. The van der Waals surface area contributed by atoms with Crippen molar-refractivity contribution in [2.75, 3.05) is 13.7 Å². The lowest BCUT2D eigenvalue weighted by Crippen LogP contribution is -2.37.